The van der Waals surface area contributed by atoms with Gasteiger partial charge in [0.25, 0.3) is 0 Å². The fourth-order valence-electron chi connectivity index (χ4n) is 3.63. The van der Waals surface area contributed by atoms with E-state index in [-0.39, 0.29) is 12.8 Å². The Morgan fingerprint density at radius 2 is 1.88 bits per heavy atom. The van der Waals surface area contributed by atoms with Gasteiger partial charge in [0.2, 0.25) is 0 Å². The fourth-order valence-corrected chi connectivity index (χ4v) is 3.63. The molecule has 184 valence electrons. The van der Waals surface area contributed by atoms with Crippen molar-refractivity contribution in [2.45, 2.75) is 46.3 Å². The maximum absolute atomic E-state index is 15.7. The predicted octanol–water partition coefficient (Wildman–Crippen LogP) is 5.84. The van der Waals surface area contributed by atoms with Crippen molar-refractivity contribution in [1.82, 2.24) is 4.90 Å². The van der Waals surface area contributed by atoms with Crippen molar-refractivity contribution in [1.29, 1.82) is 0 Å². The van der Waals surface area contributed by atoms with Crippen LogP contribution in [0.3, 0.4) is 0 Å². The summed E-state index contributed by atoms with van der Waals surface area (Å²) in [6, 6.07) is 12.5. The van der Waals surface area contributed by atoms with Gasteiger partial charge in [0.15, 0.2) is 0 Å². The Morgan fingerprint density at radius 3 is 2.53 bits per heavy atom. The van der Waals surface area contributed by atoms with E-state index in [2.05, 4.69) is 13.0 Å². The lowest BCUT2D eigenvalue weighted by molar-refractivity contribution is 0.261. The van der Waals surface area contributed by atoms with Gasteiger partial charge in [0.05, 0.1) is 11.6 Å². The molecule has 0 aliphatic carbocycles. The zero-order valence-electron chi connectivity index (χ0n) is 20.8. The van der Waals surface area contributed by atoms with Gasteiger partial charge in [-0.05, 0) is 32.9 Å². The number of nitrogens with zero attached hydrogens (tertiary/aromatic N) is 1. The third-order valence-corrected chi connectivity index (χ3v) is 5.35. The molecule has 6 heteroatoms. The number of hydrogen-bond acceptors (Lipinski definition) is 5. The third-order valence-electron chi connectivity index (χ3n) is 5.35. The molecule has 0 spiro atoms. The van der Waals surface area contributed by atoms with Gasteiger partial charge in [-0.2, -0.15) is 0 Å². The van der Waals surface area contributed by atoms with Gasteiger partial charge in [-0.15, -0.1) is 0 Å². The lowest BCUT2D eigenvalue weighted by atomic mass is 9.95. The molecule has 0 aliphatic heterocycles. The molecule has 0 saturated carbocycles. The molecule has 5 nitrogen and oxygen atoms in total. The molecule has 0 fully saturated rings. The summed E-state index contributed by atoms with van der Waals surface area (Å²) < 4.78 is 27.2. The molecule has 0 saturated heterocycles. The van der Waals surface area contributed by atoms with Crippen molar-refractivity contribution in [2.24, 2.45) is 11.5 Å². The van der Waals surface area contributed by atoms with Crippen LogP contribution in [-0.2, 0) is 6.61 Å². The van der Waals surface area contributed by atoms with E-state index in [1.54, 1.807) is 6.07 Å². The summed E-state index contributed by atoms with van der Waals surface area (Å²) in [5.74, 6) is 0.336. The van der Waals surface area contributed by atoms with Gasteiger partial charge in [-0.25, -0.2) is 4.39 Å². The first-order chi connectivity index (χ1) is 16.4. The molecule has 0 amide bonds. The highest BCUT2D eigenvalue weighted by atomic mass is 19.1. The Bertz CT molecular complexity index is 983. The van der Waals surface area contributed by atoms with Crippen molar-refractivity contribution in [2.75, 3.05) is 20.3 Å². The minimum absolute atomic E-state index is 0.0536. The summed E-state index contributed by atoms with van der Waals surface area (Å²) in [5, 5.41) is 0. The van der Waals surface area contributed by atoms with Crippen LogP contribution in [0, 0.1) is 5.82 Å². The maximum Gasteiger partial charge on any atom is 0.137 e. The molecule has 0 aromatic heterocycles. The second-order valence-corrected chi connectivity index (χ2v) is 8.32. The quantitative estimate of drug-likeness (QED) is 0.286. The number of halogens is 1. The molecular formula is C28H38FN3O2. The Labute approximate surface area is 203 Å². The van der Waals surface area contributed by atoms with Crippen molar-refractivity contribution in [3.05, 3.63) is 95.0 Å². The van der Waals surface area contributed by atoms with E-state index in [1.807, 2.05) is 74.4 Å². The summed E-state index contributed by atoms with van der Waals surface area (Å²) in [5.41, 5.74) is 14.5. The average molecular weight is 468 g/mol. The van der Waals surface area contributed by atoms with Crippen LogP contribution in [0.2, 0.25) is 0 Å². The van der Waals surface area contributed by atoms with Gasteiger partial charge in [0, 0.05) is 24.4 Å². The lowest BCUT2D eigenvalue weighted by Gasteiger charge is -2.30. The van der Waals surface area contributed by atoms with Gasteiger partial charge in [0.1, 0.15) is 30.7 Å². The Balaban J connectivity index is 2.55. The molecule has 1 atom stereocenters. The van der Waals surface area contributed by atoms with Crippen LogP contribution >= 0.6 is 0 Å². The Hall–Kier alpha value is -3.09. The van der Waals surface area contributed by atoms with Gasteiger partial charge in [-0.1, -0.05) is 73.6 Å². The van der Waals surface area contributed by atoms with Crippen molar-refractivity contribution < 1.29 is 13.9 Å². The number of benzene rings is 2. The van der Waals surface area contributed by atoms with E-state index < -0.39 is 5.82 Å². The van der Waals surface area contributed by atoms with Crippen molar-refractivity contribution >= 4 is 0 Å². The van der Waals surface area contributed by atoms with Crippen LogP contribution in [-0.4, -0.2) is 25.2 Å². The second kappa shape index (κ2) is 14.2. The largest absolute Gasteiger partial charge is 0.488 e. The first-order valence-corrected chi connectivity index (χ1v) is 11.7. The summed E-state index contributed by atoms with van der Waals surface area (Å²) in [7, 11) is 1.95. The molecule has 34 heavy (non-hydrogen) atoms. The standard InChI is InChI=1S/C28H38FN3O2/c1-5-6-7-9-12-21(2)28(32(4)16-15-22(3)31)27-25(29)17-24(34-20-30)18-26(27)33-19-23-13-10-8-11-14-23/h7-15,17-18,28H,5-6,16,19-20,30-31H2,1-4H3/b9-7-,21-12+,22-15+. The monoisotopic (exact) mass is 467 g/mol. The molecule has 2 rings (SSSR count). The molecule has 0 bridgehead atoms. The normalized spacial score (nSPS) is 13.5. The molecule has 0 heterocycles. The van der Waals surface area contributed by atoms with Crippen LogP contribution in [0.4, 0.5) is 4.39 Å². The van der Waals surface area contributed by atoms with E-state index in [1.165, 1.54) is 6.07 Å². The maximum atomic E-state index is 15.7. The molecular weight excluding hydrogens is 429 g/mol. The van der Waals surface area contributed by atoms with Gasteiger partial charge in [-0.3, -0.25) is 10.6 Å². The minimum Gasteiger partial charge on any atom is -0.488 e. The summed E-state index contributed by atoms with van der Waals surface area (Å²) >= 11 is 0. The number of hydrogen-bond donors (Lipinski definition) is 2. The molecule has 0 aliphatic rings. The number of likely N-dealkylation sites (N-methyl/N-ethyl adjacent to an activating group) is 1. The van der Waals surface area contributed by atoms with Crippen molar-refractivity contribution in [3.63, 3.8) is 0 Å². The SMILES string of the molecule is CCC/C=C\C=C(/C)C(c1c(F)cc(OCN)cc1OCc1ccccc1)N(C)C/C=C(\C)N. The van der Waals surface area contributed by atoms with Gasteiger partial charge < -0.3 is 15.2 Å². The molecule has 2 aromatic rings. The van der Waals surface area contributed by atoms with E-state index in [0.29, 0.717) is 35.9 Å². The number of unbranched alkanes of at least 4 members (excludes halogenated alkanes) is 1. The first-order valence-electron chi connectivity index (χ1n) is 11.7. The van der Waals surface area contributed by atoms with Crippen LogP contribution in [0.15, 0.2) is 78.0 Å². The van der Waals surface area contributed by atoms with E-state index in [4.69, 9.17) is 20.9 Å². The second-order valence-electron chi connectivity index (χ2n) is 8.32. The number of allylic oxidation sites excluding steroid dienone is 4. The summed E-state index contributed by atoms with van der Waals surface area (Å²) in [6.07, 6.45) is 10.2. The summed E-state index contributed by atoms with van der Waals surface area (Å²) in [4.78, 5) is 2.05. The van der Waals surface area contributed by atoms with Crippen LogP contribution < -0.4 is 20.9 Å². The molecule has 2 aromatic carbocycles. The number of rotatable bonds is 13. The van der Waals surface area contributed by atoms with Crippen LogP contribution in [0.5, 0.6) is 11.5 Å². The van der Waals surface area contributed by atoms with Crippen molar-refractivity contribution in [3.8, 4) is 11.5 Å². The molecule has 0 radical (unpaired) electrons. The topological polar surface area (TPSA) is 73.7 Å². The van der Waals surface area contributed by atoms with E-state index >= 15 is 4.39 Å². The van der Waals surface area contributed by atoms with E-state index in [9.17, 15) is 0 Å². The molecule has 4 N–H and O–H groups in total. The highest BCUT2D eigenvalue weighted by Crippen LogP contribution is 2.39. The zero-order valence-corrected chi connectivity index (χ0v) is 20.8. The third kappa shape index (κ3) is 8.36. The summed E-state index contributed by atoms with van der Waals surface area (Å²) in [6.45, 7) is 6.78. The Morgan fingerprint density at radius 1 is 1.15 bits per heavy atom. The zero-order chi connectivity index (χ0) is 24.9. The highest BCUT2D eigenvalue weighted by Gasteiger charge is 2.27. The number of ether oxygens (including phenoxy) is 2. The van der Waals surface area contributed by atoms with Crippen LogP contribution in [0.1, 0.15) is 50.8 Å². The Kier molecular flexibility index (Phi) is 11.4. The lowest BCUT2D eigenvalue weighted by Crippen LogP contribution is -2.27. The smallest absolute Gasteiger partial charge is 0.137 e. The first kappa shape index (κ1) is 27.2. The van der Waals surface area contributed by atoms with Crippen LogP contribution in [0.25, 0.3) is 0 Å². The van der Waals surface area contributed by atoms with E-state index in [0.717, 1.165) is 24.0 Å². The highest BCUT2D eigenvalue weighted by molar-refractivity contribution is 5.47. The average Bonchev–Trinajstić information content (AvgIpc) is 2.81. The fraction of sp³-hybridized carbons (Fsp3) is 0.357. The molecule has 1 unspecified atom stereocenters. The predicted molar refractivity (Wildman–Crippen MR) is 138 cm³/mol. The van der Waals surface area contributed by atoms with Gasteiger partial charge >= 0.3 is 0 Å². The number of nitrogens with two attached hydrogens (primary N) is 2. The minimum atomic E-state index is -0.412.